The Hall–Kier alpha value is -2.89. The van der Waals surface area contributed by atoms with Gasteiger partial charge in [0.15, 0.2) is 0 Å². The minimum absolute atomic E-state index is 0.168. The molecule has 0 spiro atoms. The zero-order valence-electron chi connectivity index (χ0n) is 13.7. The maximum Gasteiger partial charge on any atom is 0.319 e. The first kappa shape index (κ1) is 17.5. The molecule has 0 aromatic heterocycles. The second-order valence-electron chi connectivity index (χ2n) is 5.47. The van der Waals surface area contributed by atoms with Crippen LogP contribution < -0.4 is 16.0 Å². The number of rotatable bonds is 5. The van der Waals surface area contributed by atoms with Crippen LogP contribution in [-0.2, 0) is 11.2 Å². The van der Waals surface area contributed by atoms with Gasteiger partial charge in [-0.15, -0.1) is 0 Å². The van der Waals surface area contributed by atoms with Gasteiger partial charge in [0.1, 0.15) is 5.82 Å². The molecule has 0 bridgehead atoms. The number of benzene rings is 2. The average Bonchev–Trinajstić information content (AvgIpc) is 2.52. The van der Waals surface area contributed by atoms with E-state index in [1.807, 2.05) is 13.0 Å². The third kappa shape index (κ3) is 5.39. The van der Waals surface area contributed by atoms with Crippen molar-refractivity contribution in [3.63, 3.8) is 0 Å². The fourth-order valence-electron chi connectivity index (χ4n) is 2.17. The van der Waals surface area contributed by atoms with Gasteiger partial charge in [-0.25, -0.2) is 9.18 Å². The van der Waals surface area contributed by atoms with E-state index in [4.69, 9.17) is 0 Å². The lowest BCUT2D eigenvalue weighted by atomic mass is 10.1. The lowest BCUT2D eigenvalue weighted by Crippen LogP contribution is -2.30. The number of carbonyl (C=O) groups is 2. The minimum atomic E-state index is -0.338. The second-order valence-corrected chi connectivity index (χ2v) is 5.47. The molecule has 2 aromatic carbocycles. The predicted octanol–water partition coefficient (Wildman–Crippen LogP) is 3.46. The van der Waals surface area contributed by atoms with Crippen LogP contribution in [0.15, 0.2) is 42.5 Å². The van der Waals surface area contributed by atoms with E-state index in [0.717, 1.165) is 11.1 Å². The number of hydrogen-bond acceptors (Lipinski definition) is 2. The smallest absolute Gasteiger partial charge is 0.319 e. The van der Waals surface area contributed by atoms with Crippen molar-refractivity contribution in [1.82, 2.24) is 5.32 Å². The van der Waals surface area contributed by atoms with Crippen LogP contribution in [0.2, 0.25) is 0 Å². The van der Waals surface area contributed by atoms with Gasteiger partial charge in [-0.05, 0) is 48.7 Å². The van der Waals surface area contributed by atoms with Crippen LogP contribution >= 0.6 is 0 Å². The maximum atomic E-state index is 12.8. The van der Waals surface area contributed by atoms with Crippen molar-refractivity contribution in [2.75, 3.05) is 17.2 Å². The molecule has 3 N–H and O–H groups in total. The van der Waals surface area contributed by atoms with Gasteiger partial charge in [0, 0.05) is 24.8 Å². The standard InChI is InChI=1S/C18H20FN3O2/c1-12-3-8-16(11-17(12)21-13(2)23)22-18(24)20-10-9-14-4-6-15(19)7-5-14/h3-8,11H,9-10H2,1-2H3,(H,21,23)(H2,20,22,24). The summed E-state index contributed by atoms with van der Waals surface area (Å²) in [6, 6.07) is 11.1. The van der Waals surface area contributed by atoms with Crippen molar-refractivity contribution in [2.24, 2.45) is 0 Å². The van der Waals surface area contributed by atoms with Crippen molar-refractivity contribution in [2.45, 2.75) is 20.3 Å². The normalized spacial score (nSPS) is 10.1. The number of amides is 3. The maximum absolute atomic E-state index is 12.8. The molecular weight excluding hydrogens is 309 g/mol. The van der Waals surface area contributed by atoms with E-state index < -0.39 is 0 Å². The molecule has 0 aliphatic carbocycles. The first-order chi connectivity index (χ1) is 11.4. The molecule has 2 aromatic rings. The monoisotopic (exact) mass is 329 g/mol. The van der Waals surface area contributed by atoms with Crippen molar-refractivity contribution in [1.29, 1.82) is 0 Å². The van der Waals surface area contributed by atoms with Crippen LogP contribution in [0, 0.1) is 12.7 Å². The Labute approximate surface area is 140 Å². The molecular formula is C18H20FN3O2. The first-order valence-corrected chi connectivity index (χ1v) is 7.61. The van der Waals surface area contributed by atoms with Crippen LogP contribution in [0.3, 0.4) is 0 Å². The quantitative estimate of drug-likeness (QED) is 0.786. The molecule has 0 aliphatic rings. The summed E-state index contributed by atoms with van der Waals surface area (Å²) >= 11 is 0. The molecule has 0 unspecified atom stereocenters. The fraction of sp³-hybridized carbons (Fsp3) is 0.222. The Morgan fingerprint density at radius 1 is 1.04 bits per heavy atom. The number of hydrogen-bond donors (Lipinski definition) is 3. The van der Waals surface area contributed by atoms with Gasteiger partial charge in [0.25, 0.3) is 0 Å². The van der Waals surface area contributed by atoms with Gasteiger partial charge < -0.3 is 16.0 Å². The van der Waals surface area contributed by atoms with Gasteiger partial charge in [0.2, 0.25) is 5.91 Å². The van der Waals surface area contributed by atoms with Gasteiger partial charge >= 0.3 is 6.03 Å². The van der Waals surface area contributed by atoms with Crippen LogP contribution in [0.25, 0.3) is 0 Å². The Morgan fingerprint density at radius 3 is 2.42 bits per heavy atom. The molecule has 0 aliphatic heterocycles. The van der Waals surface area contributed by atoms with Crippen molar-refractivity contribution < 1.29 is 14.0 Å². The summed E-state index contributed by atoms with van der Waals surface area (Å²) in [5.74, 6) is -0.446. The lowest BCUT2D eigenvalue weighted by molar-refractivity contribution is -0.114. The van der Waals surface area contributed by atoms with Crippen molar-refractivity contribution >= 4 is 23.3 Å². The van der Waals surface area contributed by atoms with E-state index in [1.54, 1.807) is 24.3 Å². The number of halogens is 1. The van der Waals surface area contributed by atoms with Gasteiger partial charge in [0.05, 0.1) is 0 Å². The molecule has 0 atom stereocenters. The number of carbonyl (C=O) groups excluding carboxylic acids is 2. The molecule has 0 radical (unpaired) electrons. The molecule has 0 fully saturated rings. The van der Waals surface area contributed by atoms with E-state index in [0.29, 0.717) is 24.3 Å². The molecule has 126 valence electrons. The topological polar surface area (TPSA) is 70.2 Å². The number of nitrogens with one attached hydrogen (secondary N) is 3. The average molecular weight is 329 g/mol. The highest BCUT2D eigenvalue weighted by atomic mass is 19.1. The lowest BCUT2D eigenvalue weighted by Gasteiger charge is -2.11. The van der Waals surface area contributed by atoms with E-state index in [1.165, 1.54) is 19.1 Å². The van der Waals surface area contributed by atoms with E-state index in [2.05, 4.69) is 16.0 Å². The highest BCUT2D eigenvalue weighted by Gasteiger charge is 2.05. The van der Waals surface area contributed by atoms with E-state index >= 15 is 0 Å². The summed E-state index contributed by atoms with van der Waals surface area (Å²) in [4.78, 5) is 23.1. The first-order valence-electron chi connectivity index (χ1n) is 7.61. The number of urea groups is 1. The largest absolute Gasteiger partial charge is 0.338 e. The molecule has 3 amide bonds. The molecule has 5 nitrogen and oxygen atoms in total. The van der Waals surface area contributed by atoms with Crippen molar-refractivity contribution in [3.05, 3.63) is 59.4 Å². The summed E-state index contributed by atoms with van der Waals surface area (Å²) in [7, 11) is 0. The zero-order chi connectivity index (χ0) is 17.5. The van der Waals surface area contributed by atoms with Gasteiger partial charge in [-0.1, -0.05) is 18.2 Å². The molecule has 0 heterocycles. The fourth-order valence-corrected chi connectivity index (χ4v) is 2.17. The summed E-state index contributed by atoms with van der Waals surface area (Å²) in [5.41, 5.74) is 3.10. The third-order valence-electron chi connectivity index (χ3n) is 3.42. The summed E-state index contributed by atoms with van der Waals surface area (Å²) in [5, 5.41) is 8.17. The molecule has 2 rings (SSSR count). The minimum Gasteiger partial charge on any atom is -0.338 e. The Balaban J connectivity index is 1.85. The molecule has 0 saturated carbocycles. The molecule has 6 heteroatoms. The van der Waals surface area contributed by atoms with Crippen LogP contribution in [0.5, 0.6) is 0 Å². The number of anilines is 2. The SMILES string of the molecule is CC(=O)Nc1cc(NC(=O)NCCc2ccc(F)cc2)ccc1C. The summed E-state index contributed by atoms with van der Waals surface area (Å²) in [6.07, 6.45) is 0.610. The Bertz CT molecular complexity index is 730. The molecule has 24 heavy (non-hydrogen) atoms. The Morgan fingerprint density at radius 2 is 1.75 bits per heavy atom. The van der Waals surface area contributed by atoms with Crippen LogP contribution in [0.4, 0.5) is 20.6 Å². The van der Waals surface area contributed by atoms with Crippen LogP contribution in [0.1, 0.15) is 18.1 Å². The highest BCUT2D eigenvalue weighted by molar-refractivity contribution is 5.93. The van der Waals surface area contributed by atoms with Crippen molar-refractivity contribution in [3.8, 4) is 0 Å². The summed E-state index contributed by atoms with van der Waals surface area (Å²) in [6.45, 7) is 3.74. The van der Waals surface area contributed by atoms with Gasteiger partial charge in [-0.3, -0.25) is 4.79 Å². The third-order valence-corrected chi connectivity index (χ3v) is 3.42. The number of aryl methyl sites for hydroxylation is 1. The zero-order valence-corrected chi connectivity index (χ0v) is 13.7. The highest BCUT2D eigenvalue weighted by Crippen LogP contribution is 2.20. The van der Waals surface area contributed by atoms with Crippen LogP contribution in [-0.4, -0.2) is 18.5 Å². The molecule has 0 saturated heterocycles. The summed E-state index contributed by atoms with van der Waals surface area (Å²) < 4.78 is 12.8. The van der Waals surface area contributed by atoms with E-state index in [-0.39, 0.29) is 17.8 Å². The second kappa shape index (κ2) is 8.10. The van der Waals surface area contributed by atoms with E-state index in [9.17, 15) is 14.0 Å². The Kier molecular flexibility index (Phi) is 5.89. The predicted molar refractivity (Wildman–Crippen MR) is 92.6 cm³/mol. The van der Waals surface area contributed by atoms with Gasteiger partial charge in [-0.2, -0.15) is 0 Å².